The summed E-state index contributed by atoms with van der Waals surface area (Å²) in [4.78, 5) is 4.80. The van der Waals surface area contributed by atoms with Crippen LogP contribution in [0.5, 0.6) is 5.75 Å². The Morgan fingerprint density at radius 3 is 2.47 bits per heavy atom. The summed E-state index contributed by atoms with van der Waals surface area (Å²) < 4.78 is 6.54. The fourth-order valence-corrected chi connectivity index (χ4v) is 3.22. The number of rotatable bonds is 3. The summed E-state index contributed by atoms with van der Waals surface area (Å²) in [5, 5.41) is 0.699. The van der Waals surface area contributed by atoms with E-state index in [0.717, 1.165) is 54.2 Å². The number of likely N-dealkylation sites (N-methyl/N-ethyl adjacent to an activating group) is 1. The Labute approximate surface area is 128 Å². The quantitative estimate of drug-likeness (QED) is 0.831. The molecule has 0 radical (unpaired) electrons. The van der Waals surface area contributed by atoms with Gasteiger partial charge in [0.05, 0.1) is 17.8 Å². The van der Waals surface area contributed by atoms with Gasteiger partial charge in [0, 0.05) is 30.7 Å². The van der Waals surface area contributed by atoms with E-state index < -0.39 is 0 Å². The topological polar surface area (TPSA) is 15.7 Å². The van der Waals surface area contributed by atoms with E-state index in [4.69, 9.17) is 16.3 Å². The Morgan fingerprint density at radius 1 is 1.32 bits per heavy atom. The van der Waals surface area contributed by atoms with Crippen LogP contribution in [-0.2, 0) is 0 Å². The van der Waals surface area contributed by atoms with Crippen LogP contribution < -0.4 is 9.64 Å². The molecule has 19 heavy (non-hydrogen) atoms. The van der Waals surface area contributed by atoms with Crippen molar-refractivity contribution in [2.75, 3.05) is 44.7 Å². The lowest BCUT2D eigenvalue weighted by molar-refractivity contribution is 0.270. The van der Waals surface area contributed by atoms with Crippen LogP contribution in [0.1, 0.15) is 12.5 Å². The molecule has 0 saturated carbocycles. The number of hydrogen-bond donors (Lipinski definition) is 0. The molecule has 2 rings (SSSR count). The molecule has 1 aliphatic heterocycles. The van der Waals surface area contributed by atoms with Crippen molar-refractivity contribution in [1.82, 2.24) is 4.90 Å². The van der Waals surface area contributed by atoms with Gasteiger partial charge in [0.25, 0.3) is 0 Å². The highest BCUT2D eigenvalue weighted by Crippen LogP contribution is 2.41. The maximum Gasteiger partial charge on any atom is 0.161 e. The Kier molecular flexibility index (Phi) is 4.98. The molecule has 1 heterocycles. The van der Waals surface area contributed by atoms with Gasteiger partial charge >= 0.3 is 0 Å². The summed E-state index contributed by atoms with van der Waals surface area (Å²) in [6, 6.07) is 2.11. The standard InChI is InChI=1S/C14H20BrClN2O/c1-4-17-5-7-18(8-6-17)12-9-11(15)10(2)13(16)14(12)19-3/h9H,4-8H2,1-3H3. The molecular weight excluding hydrogens is 328 g/mol. The number of anilines is 1. The zero-order valence-electron chi connectivity index (χ0n) is 11.7. The fraction of sp³-hybridized carbons (Fsp3) is 0.571. The Morgan fingerprint density at radius 2 is 1.95 bits per heavy atom. The van der Waals surface area contributed by atoms with Gasteiger partial charge in [-0.2, -0.15) is 0 Å². The minimum Gasteiger partial charge on any atom is -0.493 e. The molecule has 3 nitrogen and oxygen atoms in total. The lowest BCUT2D eigenvalue weighted by atomic mass is 10.1. The summed E-state index contributed by atoms with van der Waals surface area (Å²) in [5.74, 6) is 0.785. The van der Waals surface area contributed by atoms with Gasteiger partial charge in [-0.05, 0) is 25.1 Å². The van der Waals surface area contributed by atoms with E-state index in [9.17, 15) is 0 Å². The summed E-state index contributed by atoms with van der Waals surface area (Å²) in [7, 11) is 1.68. The van der Waals surface area contributed by atoms with E-state index in [0.29, 0.717) is 5.02 Å². The molecule has 0 bridgehead atoms. The number of benzene rings is 1. The average Bonchev–Trinajstić information content (AvgIpc) is 2.44. The van der Waals surface area contributed by atoms with Crippen molar-refractivity contribution < 1.29 is 4.74 Å². The molecule has 1 aliphatic rings. The van der Waals surface area contributed by atoms with Gasteiger partial charge in [-0.1, -0.05) is 34.5 Å². The normalized spacial score (nSPS) is 16.8. The molecule has 5 heteroatoms. The average molecular weight is 348 g/mol. The van der Waals surface area contributed by atoms with Crippen molar-refractivity contribution in [3.8, 4) is 5.75 Å². The zero-order valence-corrected chi connectivity index (χ0v) is 14.0. The van der Waals surface area contributed by atoms with Gasteiger partial charge in [-0.25, -0.2) is 0 Å². The first-order valence-corrected chi connectivity index (χ1v) is 7.75. The van der Waals surface area contributed by atoms with Crippen LogP contribution in [0.15, 0.2) is 10.5 Å². The third-order valence-electron chi connectivity index (χ3n) is 3.75. The number of hydrogen-bond acceptors (Lipinski definition) is 3. The van der Waals surface area contributed by atoms with Crippen LogP contribution in [-0.4, -0.2) is 44.7 Å². The van der Waals surface area contributed by atoms with Crippen molar-refractivity contribution in [2.45, 2.75) is 13.8 Å². The zero-order chi connectivity index (χ0) is 14.0. The van der Waals surface area contributed by atoms with Crippen LogP contribution in [0.3, 0.4) is 0 Å². The largest absolute Gasteiger partial charge is 0.493 e. The van der Waals surface area contributed by atoms with Gasteiger partial charge in [0.1, 0.15) is 0 Å². The monoisotopic (exact) mass is 346 g/mol. The Bertz CT molecular complexity index is 459. The molecule has 0 aliphatic carbocycles. The predicted octanol–water partition coefficient (Wildman–Crippen LogP) is 3.56. The molecule has 1 fully saturated rings. The van der Waals surface area contributed by atoms with Gasteiger partial charge < -0.3 is 14.5 Å². The number of nitrogens with zero attached hydrogens (tertiary/aromatic N) is 2. The second kappa shape index (κ2) is 6.33. The molecule has 0 aromatic heterocycles. The summed E-state index contributed by atoms with van der Waals surface area (Å²) in [6.45, 7) is 9.50. The van der Waals surface area contributed by atoms with Gasteiger partial charge in [-0.3, -0.25) is 0 Å². The first-order valence-electron chi connectivity index (χ1n) is 6.58. The second-order valence-electron chi connectivity index (χ2n) is 4.77. The van der Waals surface area contributed by atoms with Crippen molar-refractivity contribution in [3.05, 3.63) is 21.1 Å². The van der Waals surface area contributed by atoms with Crippen LogP contribution in [0.25, 0.3) is 0 Å². The maximum atomic E-state index is 6.39. The lowest BCUT2D eigenvalue weighted by Gasteiger charge is -2.36. The predicted molar refractivity (Wildman–Crippen MR) is 84.8 cm³/mol. The Balaban J connectivity index is 2.30. The third-order valence-corrected chi connectivity index (χ3v) is 5.03. The second-order valence-corrected chi connectivity index (χ2v) is 6.00. The number of piperazine rings is 1. The summed E-state index contributed by atoms with van der Waals surface area (Å²) in [5.41, 5.74) is 2.11. The SMILES string of the molecule is CCN1CCN(c2cc(Br)c(C)c(Cl)c2OC)CC1. The highest BCUT2D eigenvalue weighted by molar-refractivity contribution is 9.10. The van der Waals surface area contributed by atoms with E-state index >= 15 is 0 Å². The van der Waals surface area contributed by atoms with Gasteiger partial charge in [0.2, 0.25) is 0 Å². The lowest BCUT2D eigenvalue weighted by Crippen LogP contribution is -2.46. The number of halogens is 2. The van der Waals surface area contributed by atoms with Crippen LogP contribution in [0.2, 0.25) is 5.02 Å². The van der Waals surface area contributed by atoms with E-state index in [1.807, 2.05) is 6.92 Å². The summed E-state index contributed by atoms with van der Waals surface area (Å²) in [6.07, 6.45) is 0. The highest BCUT2D eigenvalue weighted by atomic mass is 79.9. The van der Waals surface area contributed by atoms with Crippen LogP contribution in [0.4, 0.5) is 5.69 Å². The van der Waals surface area contributed by atoms with Crippen molar-refractivity contribution in [3.63, 3.8) is 0 Å². The first kappa shape index (κ1) is 14.9. The molecule has 0 unspecified atom stereocenters. The maximum absolute atomic E-state index is 6.39. The number of methoxy groups -OCH3 is 1. The van der Waals surface area contributed by atoms with Crippen LogP contribution in [0, 0.1) is 6.92 Å². The minimum atomic E-state index is 0.699. The smallest absolute Gasteiger partial charge is 0.161 e. The third kappa shape index (κ3) is 3.01. The Hall–Kier alpha value is -0.450. The molecule has 0 N–H and O–H groups in total. The molecule has 1 aromatic carbocycles. The van der Waals surface area contributed by atoms with E-state index in [1.165, 1.54) is 0 Å². The number of ether oxygens (including phenoxy) is 1. The van der Waals surface area contributed by atoms with Crippen molar-refractivity contribution in [1.29, 1.82) is 0 Å². The molecule has 1 aromatic rings. The first-order chi connectivity index (χ1) is 9.08. The summed E-state index contributed by atoms with van der Waals surface area (Å²) >= 11 is 9.96. The fourth-order valence-electron chi connectivity index (χ4n) is 2.42. The molecule has 106 valence electrons. The molecule has 0 spiro atoms. The molecular formula is C14H20BrClN2O. The molecule has 0 atom stereocenters. The van der Waals surface area contributed by atoms with Crippen molar-refractivity contribution in [2.24, 2.45) is 0 Å². The molecule has 1 saturated heterocycles. The van der Waals surface area contributed by atoms with E-state index in [-0.39, 0.29) is 0 Å². The van der Waals surface area contributed by atoms with Crippen molar-refractivity contribution >= 4 is 33.2 Å². The van der Waals surface area contributed by atoms with Crippen LogP contribution >= 0.6 is 27.5 Å². The van der Waals surface area contributed by atoms with E-state index in [2.05, 4.69) is 38.7 Å². The minimum absolute atomic E-state index is 0.699. The highest BCUT2D eigenvalue weighted by Gasteiger charge is 2.22. The van der Waals surface area contributed by atoms with Gasteiger partial charge in [-0.15, -0.1) is 0 Å². The molecule has 0 amide bonds. The van der Waals surface area contributed by atoms with E-state index in [1.54, 1.807) is 7.11 Å². The van der Waals surface area contributed by atoms with Gasteiger partial charge in [0.15, 0.2) is 5.75 Å².